The molecule has 29 heavy (non-hydrogen) atoms. The van der Waals surface area contributed by atoms with Gasteiger partial charge in [0.05, 0.1) is 24.7 Å². The molecule has 0 N–H and O–H groups in total. The average Bonchev–Trinajstić information content (AvgIpc) is 3.41. The van der Waals surface area contributed by atoms with Crippen LogP contribution in [0.2, 0.25) is 0 Å². The van der Waals surface area contributed by atoms with Crippen LogP contribution in [-0.4, -0.2) is 57.8 Å². The van der Waals surface area contributed by atoms with Crippen LogP contribution < -0.4 is 9.47 Å². The largest absolute Gasteiger partial charge is 0.497 e. The smallest absolute Gasteiger partial charge is 0.330 e. The van der Waals surface area contributed by atoms with Gasteiger partial charge in [-0.25, -0.2) is 4.79 Å². The fourth-order valence-electron chi connectivity index (χ4n) is 3.63. The summed E-state index contributed by atoms with van der Waals surface area (Å²) in [5, 5.41) is 3.94. The normalized spacial score (nSPS) is 23.2. The second kappa shape index (κ2) is 7.58. The van der Waals surface area contributed by atoms with Crippen LogP contribution in [0.1, 0.15) is 25.7 Å². The molecular weight excluding hydrogens is 398 g/mol. The number of aromatic nitrogens is 2. The standard InChI is InChI=1S/C19H21N3O6S/c1-19-7-6-16(23)22(19)13(10-29-19)18(24)27-9-15-20-17(21-28-15)12-5-4-11(25-2)8-14(12)26-3/h4-5,8,13H,6-7,9-10H2,1-3H3/t13-,19-/m0/s1. The molecule has 3 heterocycles. The molecule has 154 valence electrons. The maximum absolute atomic E-state index is 12.5. The molecular formula is C19H21N3O6S. The minimum Gasteiger partial charge on any atom is -0.497 e. The molecule has 2 aliphatic heterocycles. The topological polar surface area (TPSA) is 104 Å². The summed E-state index contributed by atoms with van der Waals surface area (Å²) in [5.74, 6) is 1.70. The highest BCUT2D eigenvalue weighted by Gasteiger charge is 2.53. The molecule has 2 aromatic rings. The number of hydrogen-bond acceptors (Lipinski definition) is 9. The molecule has 0 bridgehead atoms. The van der Waals surface area contributed by atoms with Gasteiger partial charge in [-0.2, -0.15) is 4.98 Å². The number of rotatable bonds is 6. The first-order valence-electron chi connectivity index (χ1n) is 9.13. The van der Waals surface area contributed by atoms with E-state index in [0.717, 1.165) is 6.42 Å². The van der Waals surface area contributed by atoms with Crippen LogP contribution in [0.15, 0.2) is 22.7 Å². The number of nitrogens with zero attached hydrogens (tertiary/aromatic N) is 3. The lowest BCUT2D eigenvalue weighted by Gasteiger charge is -2.29. The third-order valence-electron chi connectivity index (χ3n) is 5.17. The highest BCUT2D eigenvalue weighted by Crippen LogP contribution is 2.47. The van der Waals surface area contributed by atoms with Crippen LogP contribution >= 0.6 is 11.8 Å². The fraction of sp³-hybridized carbons (Fsp3) is 0.474. The van der Waals surface area contributed by atoms with Gasteiger partial charge in [-0.15, -0.1) is 11.8 Å². The number of hydrogen-bond donors (Lipinski definition) is 0. The third-order valence-corrected chi connectivity index (χ3v) is 6.68. The van der Waals surface area contributed by atoms with E-state index in [1.165, 1.54) is 7.11 Å². The predicted molar refractivity (Wildman–Crippen MR) is 103 cm³/mol. The molecule has 0 aliphatic carbocycles. The maximum atomic E-state index is 12.5. The molecule has 2 atom stereocenters. The zero-order chi connectivity index (χ0) is 20.6. The number of benzene rings is 1. The number of ether oxygens (including phenoxy) is 3. The van der Waals surface area contributed by atoms with Crippen molar-refractivity contribution in [3.05, 3.63) is 24.1 Å². The van der Waals surface area contributed by atoms with Crippen LogP contribution in [0, 0.1) is 0 Å². The molecule has 0 saturated carbocycles. The Balaban J connectivity index is 1.43. The van der Waals surface area contributed by atoms with Crippen molar-refractivity contribution in [2.75, 3.05) is 20.0 Å². The maximum Gasteiger partial charge on any atom is 0.330 e. The molecule has 9 nitrogen and oxygen atoms in total. The van der Waals surface area contributed by atoms with E-state index < -0.39 is 12.0 Å². The van der Waals surface area contributed by atoms with Crippen molar-refractivity contribution in [2.45, 2.75) is 37.3 Å². The highest BCUT2D eigenvalue weighted by molar-refractivity contribution is 8.01. The molecule has 4 rings (SSSR count). The van der Waals surface area contributed by atoms with Crippen LogP contribution in [-0.2, 0) is 20.9 Å². The molecule has 1 amide bonds. The number of esters is 1. The Morgan fingerprint density at radius 3 is 2.97 bits per heavy atom. The van der Waals surface area contributed by atoms with Crippen molar-refractivity contribution in [3.8, 4) is 22.9 Å². The number of amides is 1. The number of carbonyl (C=O) groups is 2. The molecule has 0 unspecified atom stereocenters. The fourth-order valence-corrected chi connectivity index (χ4v) is 5.05. The van der Waals surface area contributed by atoms with Crippen LogP contribution in [0.5, 0.6) is 11.5 Å². The summed E-state index contributed by atoms with van der Waals surface area (Å²) in [5.41, 5.74) is 0.625. The lowest BCUT2D eigenvalue weighted by molar-refractivity contribution is -0.155. The first-order valence-corrected chi connectivity index (χ1v) is 10.1. The van der Waals surface area contributed by atoms with Gasteiger partial charge >= 0.3 is 5.97 Å². The van der Waals surface area contributed by atoms with Crippen LogP contribution in [0.4, 0.5) is 0 Å². The van der Waals surface area contributed by atoms with Crippen molar-refractivity contribution in [1.82, 2.24) is 15.0 Å². The summed E-state index contributed by atoms with van der Waals surface area (Å²) >= 11 is 1.61. The second-order valence-electron chi connectivity index (χ2n) is 6.95. The van der Waals surface area contributed by atoms with Gasteiger partial charge in [-0.3, -0.25) is 4.79 Å². The molecule has 1 aromatic carbocycles. The van der Waals surface area contributed by atoms with Gasteiger partial charge in [0, 0.05) is 18.2 Å². The molecule has 0 spiro atoms. The quantitative estimate of drug-likeness (QED) is 0.652. The van der Waals surface area contributed by atoms with Gasteiger partial charge < -0.3 is 23.6 Å². The number of fused-ring (bicyclic) bond motifs is 1. The minimum absolute atomic E-state index is 0.00822. The van der Waals surface area contributed by atoms with E-state index >= 15 is 0 Å². The zero-order valence-electron chi connectivity index (χ0n) is 16.3. The van der Waals surface area contributed by atoms with Crippen molar-refractivity contribution in [2.24, 2.45) is 0 Å². The molecule has 2 saturated heterocycles. The van der Waals surface area contributed by atoms with Gasteiger partial charge in [0.2, 0.25) is 11.7 Å². The van der Waals surface area contributed by atoms with Gasteiger partial charge in [0.1, 0.15) is 17.5 Å². The SMILES string of the molecule is COc1ccc(-c2noc(COC(=O)[C@@H]3CS[C@@]4(C)CCC(=O)N34)n2)c(OC)c1. The summed E-state index contributed by atoms with van der Waals surface area (Å²) in [6, 6.07) is 4.65. The first kappa shape index (κ1) is 19.6. The summed E-state index contributed by atoms with van der Waals surface area (Å²) in [6.07, 6.45) is 1.21. The Hall–Kier alpha value is -2.75. The number of thioether (sulfide) groups is 1. The summed E-state index contributed by atoms with van der Waals surface area (Å²) < 4.78 is 21.1. The Morgan fingerprint density at radius 2 is 2.21 bits per heavy atom. The molecule has 0 radical (unpaired) electrons. The number of carbonyl (C=O) groups excluding carboxylic acids is 2. The van der Waals surface area contributed by atoms with Gasteiger partial charge in [0.15, 0.2) is 6.61 Å². The molecule has 2 aliphatic rings. The number of methoxy groups -OCH3 is 2. The van der Waals surface area contributed by atoms with Crippen molar-refractivity contribution < 1.29 is 28.3 Å². The Labute approximate surface area is 171 Å². The lowest BCUT2D eigenvalue weighted by Crippen LogP contribution is -2.46. The Bertz CT molecular complexity index is 948. The van der Waals surface area contributed by atoms with E-state index in [1.807, 2.05) is 6.92 Å². The predicted octanol–water partition coefficient (Wildman–Crippen LogP) is 2.25. The summed E-state index contributed by atoms with van der Waals surface area (Å²) in [7, 11) is 3.10. The molecule has 10 heteroatoms. The lowest BCUT2D eigenvalue weighted by atomic mass is 10.2. The minimum atomic E-state index is -0.580. The van der Waals surface area contributed by atoms with Crippen LogP contribution in [0.3, 0.4) is 0 Å². The van der Waals surface area contributed by atoms with E-state index in [9.17, 15) is 9.59 Å². The second-order valence-corrected chi connectivity index (χ2v) is 8.45. The van der Waals surface area contributed by atoms with E-state index in [4.69, 9.17) is 18.7 Å². The Kier molecular flexibility index (Phi) is 5.12. The van der Waals surface area contributed by atoms with Crippen molar-refractivity contribution in [3.63, 3.8) is 0 Å². The van der Waals surface area contributed by atoms with Gasteiger partial charge in [-0.1, -0.05) is 5.16 Å². The van der Waals surface area contributed by atoms with Crippen molar-refractivity contribution in [1.29, 1.82) is 0 Å². The molecule has 2 fully saturated rings. The van der Waals surface area contributed by atoms with E-state index in [2.05, 4.69) is 10.1 Å². The van der Waals surface area contributed by atoms with Gasteiger partial charge in [-0.05, 0) is 25.5 Å². The molecule has 1 aromatic heterocycles. The van der Waals surface area contributed by atoms with Gasteiger partial charge in [0.25, 0.3) is 5.89 Å². The third kappa shape index (κ3) is 3.52. The Morgan fingerprint density at radius 1 is 1.38 bits per heavy atom. The van der Waals surface area contributed by atoms with E-state index in [-0.39, 0.29) is 23.3 Å². The van der Waals surface area contributed by atoms with E-state index in [0.29, 0.717) is 35.1 Å². The monoisotopic (exact) mass is 419 g/mol. The van der Waals surface area contributed by atoms with Crippen molar-refractivity contribution >= 4 is 23.6 Å². The summed E-state index contributed by atoms with van der Waals surface area (Å²) in [4.78, 5) is 30.3. The zero-order valence-corrected chi connectivity index (χ0v) is 17.2. The summed E-state index contributed by atoms with van der Waals surface area (Å²) in [6.45, 7) is 1.83. The highest BCUT2D eigenvalue weighted by atomic mass is 32.2. The van der Waals surface area contributed by atoms with E-state index in [1.54, 1.807) is 42.0 Å². The average molecular weight is 419 g/mol. The van der Waals surface area contributed by atoms with Crippen LogP contribution in [0.25, 0.3) is 11.4 Å². The first-order chi connectivity index (χ1) is 13.9.